The van der Waals surface area contributed by atoms with Gasteiger partial charge in [-0.05, 0) is 0 Å². The highest BCUT2D eigenvalue weighted by Gasteiger charge is 2.46. The first-order valence-electron chi connectivity index (χ1n) is 6.12. The molecule has 5 atom stereocenters. The SMILES string of the molecule is COC(=O)C1=CC2OC(C)=NC2C([C@H](O)[C@H](O)CO)O1. The summed E-state index contributed by atoms with van der Waals surface area (Å²) in [7, 11) is 1.20. The molecule has 0 aliphatic carbocycles. The van der Waals surface area contributed by atoms with Crippen molar-refractivity contribution in [2.75, 3.05) is 13.7 Å². The van der Waals surface area contributed by atoms with Crippen molar-refractivity contribution in [1.29, 1.82) is 0 Å². The molecule has 0 radical (unpaired) electrons. The molecule has 0 saturated heterocycles. The number of fused-ring (bicyclic) bond motifs is 1. The van der Waals surface area contributed by atoms with Crippen molar-refractivity contribution >= 4 is 11.9 Å². The number of methoxy groups -OCH3 is 1. The second-order valence-electron chi connectivity index (χ2n) is 4.57. The third kappa shape index (κ3) is 2.62. The first-order chi connectivity index (χ1) is 9.47. The smallest absolute Gasteiger partial charge is 0.373 e. The number of hydrogen-bond donors (Lipinski definition) is 3. The molecule has 0 bridgehead atoms. The van der Waals surface area contributed by atoms with E-state index in [-0.39, 0.29) is 5.76 Å². The molecule has 3 unspecified atom stereocenters. The van der Waals surface area contributed by atoms with E-state index in [1.165, 1.54) is 13.2 Å². The van der Waals surface area contributed by atoms with Crippen molar-refractivity contribution in [3.8, 4) is 0 Å². The van der Waals surface area contributed by atoms with Gasteiger partial charge in [0.15, 0.2) is 12.0 Å². The highest BCUT2D eigenvalue weighted by Crippen LogP contribution is 2.30. The van der Waals surface area contributed by atoms with E-state index < -0.39 is 43.0 Å². The molecular weight excluding hydrogens is 270 g/mol. The third-order valence-corrected chi connectivity index (χ3v) is 3.19. The van der Waals surface area contributed by atoms with Crippen LogP contribution in [0, 0.1) is 0 Å². The predicted molar refractivity (Wildman–Crippen MR) is 65.8 cm³/mol. The van der Waals surface area contributed by atoms with Crippen LogP contribution in [-0.2, 0) is 19.0 Å². The number of ether oxygens (including phenoxy) is 3. The Bertz CT molecular complexity index is 447. The van der Waals surface area contributed by atoms with Crippen molar-refractivity contribution in [2.24, 2.45) is 4.99 Å². The Morgan fingerprint density at radius 3 is 2.80 bits per heavy atom. The van der Waals surface area contributed by atoms with E-state index in [4.69, 9.17) is 14.6 Å². The standard InChI is InChI=1S/C12H17NO7/c1-5-13-9-7(19-5)3-8(12(17)18-2)20-11(9)10(16)6(15)4-14/h3,6-7,9-11,14-16H,4H2,1-2H3/t6-,7?,9?,10-,11?/m1/s1. The van der Waals surface area contributed by atoms with Crippen molar-refractivity contribution in [1.82, 2.24) is 0 Å². The van der Waals surface area contributed by atoms with Crippen LogP contribution in [0.15, 0.2) is 16.8 Å². The fraction of sp³-hybridized carbons (Fsp3) is 0.667. The molecule has 20 heavy (non-hydrogen) atoms. The topological polar surface area (TPSA) is 118 Å². The number of aliphatic hydroxyl groups excluding tert-OH is 3. The van der Waals surface area contributed by atoms with Gasteiger partial charge in [0.05, 0.1) is 13.7 Å². The molecule has 0 amide bonds. The van der Waals surface area contributed by atoms with Gasteiger partial charge < -0.3 is 29.5 Å². The Morgan fingerprint density at radius 1 is 1.50 bits per heavy atom. The van der Waals surface area contributed by atoms with Gasteiger partial charge >= 0.3 is 5.97 Å². The minimum Gasteiger partial charge on any atom is -0.478 e. The van der Waals surface area contributed by atoms with Gasteiger partial charge in [-0.3, -0.25) is 0 Å². The maximum Gasteiger partial charge on any atom is 0.373 e. The van der Waals surface area contributed by atoms with Crippen LogP contribution in [0.3, 0.4) is 0 Å². The summed E-state index contributed by atoms with van der Waals surface area (Å²) in [6, 6.07) is -0.598. The molecule has 2 heterocycles. The molecule has 0 aromatic carbocycles. The molecule has 0 saturated carbocycles. The first kappa shape index (κ1) is 14.8. The zero-order valence-electron chi connectivity index (χ0n) is 11.1. The van der Waals surface area contributed by atoms with Gasteiger partial charge in [-0.2, -0.15) is 0 Å². The molecule has 0 aromatic heterocycles. The predicted octanol–water partition coefficient (Wildman–Crippen LogP) is -1.66. The number of hydrogen-bond acceptors (Lipinski definition) is 8. The maximum atomic E-state index is 11.5. The Kier molecular flexibility index (Phi) is 4.26. The Balaban J connectivity index is 2.26. The number of aliphatic hydroxyl groups is 3. The molecule has 2 aliphatic heterocycles. The molecule has 0 aromatic rings. The highest BCUT2D eigenvalue weighted by atomic mass is 16.6. The molecule has 112 valence electrons. The summed E-state index contributed by atoms with van der Waals surface area (Å²) in [5, 5.41) is 28.5. The molecule has 3 N–H and O–H groups in total. The number of rotatable bonds is 4. The average Bonchev–Trinajstić information content (AvgIpc) is 2.83. The summed E-state index contributed by atoms with van der Waals surface area (Å²) >= 11 is 0. The minimum absolute atomic E-state index is 0.118. The van der Waals surface area contributed by atoms with E-state index in [2.05, 4.69) is 9.73 Å². The van der Waals surface area contributed by atoms with Crippen LogP contribution < -0.4 is 0 Å². The van der Waals surface area contributed by atoms with Crippen LogP contribution in [0.1, 0.15) is 6.92 Å². The number of aliphatic imine (C=N–C) groups is 1. The second kappa shape index (κ2) is 5.78. The summed E-state index contributed by atoms with van der Waals surface area (Å²) < 4.78 is 15.3. The summed E-state index contributed by atoms with van der Waals surface area (Å²) in [5.74, 6) is -0.443. The monoisotopic (exact) mass is 287 g/mol. The molecular formula is C12H17NO7. The van der Waals surface area contributed by atoms with Crippen molar-refractivity contribution in [2.45, 2.75) is 37.4 Å². The van der Waals surface area contributed by atoms with Crippen molar-refractivity contribution in [3.05, 3.63) is 11.8 Å². The largest absolute Gasteiger partial charge is 0.478 e. The van der Waals surface area contributed by atoms with E-state index in [9.17, 15) is 15.0 Å². The van der Waals surface area contributed by atoms with Gasteiger partial charge in [-0.15, -0.1) is 0 Å². The third-order valence-electron chi connectivity index (χ3n) is 3.19. The molecule has 0 fully saturated rings. The quantitative estimate of drug-likeness (QED) is 0.530. The Labute approximate surface area is 115 Å². The maximum absolute atomic E-state index is 11.5. The van der Waals surface area contributed by atoms with Crippen LogP contribution in [0.25, 0.3) is 0 Å². The van der Waals surface area contributed by atoms with Gasteiger partial charge in [0.1, 0.15) is 24.4 Å². The molecule has 2 rings (SSSR count). The van der Waals surface area contributed by atoms with Gasteiger partial charge in [0, 0.05) is 13.0 Å². The lowest BCUT2D eigenvalue weighted by Crippen LogP contribution is -2.51. The van der Waals surface area contributed by atoms with Gasteiger partial charge in [-0.25, -0.2) is 9.79 Å². The van der Waals surface area contributed by atoms with Crippen LogP contribution >= 0.6 is 0 Å². The molecule has 2 aliphatic rings. The van der Waals surface area contributed by atoms with E-state index in [1.807, 2.05) is 0 Å². The van der Waals surface area contributed by atoms with E-state index >= 15 is 0 Å². The summed E-state index contributed by atoms with van der Waals surface area (Å²) in [6.07, 6.45) is -3.00. The second-order valence-corrected chi connectivity index (χ2v) is 4.57. The zero-order valence-corrected chi connectivity index (χ0v) is 11.1. The lowest BCUT2D eigenvalue weighted by molar-refractivity contribution is -0.148. The summed E-state index contributed by atoms with van der Waals surface area (Å²) in [5.41, 5.74) is 0. The number of esters is 1. The average molecular weight is 287 g/mol. The Morgan fingerprint density at radius 2 is 2.20 bits per heavy atom. The summed E-state index contributed by atoms with van der Waals surface area (Å²) in [6.45, 7) is 0.995. The van der Waals surface area contributed by atoms with Crippen LogP contribution in [0.5, 0.6) is 0 Å². The molecule has 8 heteroatoms. The fourth-order valence-electron chi connectivity index (χ4n) is 2.19. The lowest BCUT2D eigenvalue weighted by Gasteiger charge is -2.34. The number of carbonyl (C=O) groups is 1. The minimum atomic E-state index is -1.42. The van der Waals surface area contributed by atoms with E-state index in [0.717, 1.165) is 0 Å². The summed E-state index contributed by atoms with van der Waals surface area (Å²) in [4.78, 5) is 15.7. The lowest BCUT2D eigenvalue weighted by atomic mass is 9.95. The number of nitrogens with zero attached hydrogens (tertiary/aromatic N) is 1. The van der Waals surface area contributed by atoms with E-state index in [0.29, 0.717) is 5.90 Å². The van der Waals surface area contributed by atoms with Gasteiger partial charge in [0.25, 0.3) is 0 Å². The van der Waals surface area contributed by atoms with Crippen molar-refractivity contribution < 1.29 is 34.3 Å². The van der Waals surface area contributed by atoms with Gasteiger partial charge in [0.2, 0.25) is 5.76 Å². The molecule has 8 nitrogen and oxygen atoms in total. The fourth-order valence-corrected chi connectivity index (χ4v) is 2.19. The van der Waals surface area contributed by atoms with Crippen molar-refractivity contribution in [3.63, 3.8) is 0 Å². The van der Waals surface area contributed by atoms with Crippen LogP contribution in [-0.4, -0.2) is 71.4 Å². The Hall–Kier alpha value is -1.64. The van der Waals surface area contributed by atoms with E-state index in [1.54, 1.807) is 6.92 Å². The van der Waals surface area contributed by atoms with Gasteiger partial charge in [-0.1, -0.05) is 0 Å². The van der Waals surface area contributed by atoms with Crippen LogP contribution in [0.2, 0.25) is 0 Å². The molecule has 0 spiro atoms. The first-order valence-corrected chi connectivity index (χ1v) is 6.12. The van der Waals surface area contributed by atoms with Crippen LogP contribution in [0.4, 0.5) is 0 Å². The zero-order chi connectivity index (χ0) is 14.9. The number of carbonyl (C=O) groups excluding carboxylic acids is 1. The highest BCUT2D eigenvalue weighted by molar-refractivity contribution is 5.87. The normalized spacial score (nSPS) is 31.1.